The number of aryl methyl sites for hydroxylation is 1. The van der Waals surface area contributed by atoms with E-state index in [1.165, 1.54) is 4.90 Å². The number of benzene rings is 2. The van der Waals surface area contributed by atoms with Gasteiger partial charge in [-0.3, -0.25) is 4.79 Å². The second kappa shape index (κ2) is 8.52. The number of carbonyl (C=O) groups excluding carboxylic acids is 2. The van der Waals surface area contributed by atoms with E-state index in [0.29, 0.717) is 23.5 Å². The Hall–Kier alpha value is -3.41. The van der Waals surface area contributed by atoms with Crippen molar-refractivity contribution in [3.8, 4) is 5.69 Å². The van der Waals surface area contributed by atoms with E-state index in [1.54, 1.807) is 18.7 Å². The molecule has 0 aliphatic rings. The van der Waals surface area contributed by atoms with Crippen LogP contribution in [0.25, 0.3) is 5.69 Å². The topological polar surface area (TPSA) is 64.4 Å². The van der Waals surface area contributed by atoms with Crippen LogP contribution in [0, 0.1) is 13.8 Å². The fraction of sp³-hybridized carbons (Fsp3) is 0.227. The van der Waals surface area contributed by atoms with Gasteiger partial charge < -0.3 is 9.64 Å². The highest BCUT2D eigenvalue weighted by Gasteiger charge is 2.22. The minimum absolute atomic E-state index is 0.261. The molecule has 0 aliphatic heterocycles. The molecular weight excluding hydrogens is 354 g/mol. The molecule has 0 aliphatic carbocycles. The number of para-hydroxylation sites is 1. The zero-order chi connectivity index (χ0) is 20.1. The van der Waals surface area contributed by atoms with Gasteiger partial charge in [-0.1, -0.05) is 48.5 Å². The van der Waals surface area contributed by atoms with Crippen molar-refractivity contribution in [2.45, 2.75) is 20.4 Å². The van der Waals surface area contributed by atoms with Gasteiger partial charge in [0.25, 0.3) is 5.91 Å². The maximum atomic E-state index is 12.6. The number of nitrogens with zero attached hydrogens (tertiary/aromatic N) is 3. The van der Waals surface area contributed by atoms with Gasteiger partial charge in [0.1, 0.15) is 5.56 Å². The van der Waals surface area contributed by atoms with Crippen LogP contribution >= 0.6 is 0 Å². The first-order chi connectivity index (χ1) is 13.5. The first-order valence-electron chi connectivity index (χ1n) is 9.04. The summed E-state index contributed by atoms with van der Waals surface area (Å²) in [5.74, 6) is -0.804. The van der Waals surface area contributed by atoms with E-state index in [2.05, 4.69) is 5.10 Å². The van der Waals surface area contributed by atoms with Gasteiger partial charge >= 0.3 is 5.97 Å². The molecular formula is C22H23N3O3. The Morgan fingerprint density at radius 1 is 1.00 bits per heavy atom. The van der Waals surface area contributed by atoms with Crippen LogP contribution in [0.4, 0.5) is 0 Å². The van der Waals surface area contributed by atoms with Crippen LogP contribution in [0.3, 0.4) is 0 Å². The van der Waals surface area contributed by atoms with E-state index in [1.807, 2.05) is 67.6 Å². The predicted molar refractivity (Wildman–Crippen MR) is 106 cm³/mol. The Morgan fingerprint density at radius 3 is 2.25 bits per heavy atom. The van der Waals surface area contributed by atoms with Crippen molar-refractivity contribution in [3.05, 3.63) is 83.2 Å². The Bertz CT molecular complexity index is 965. The molecule has 0 saturated carbocycles. The average Bonchev–Trinajstić information content (AvgIpc) is 3.01. The zero-order valence-corrected chi connectivity index (χ0v) is 16.3. The molecule has 0 bridgehead atoms. The van der Waals surface area contributed by atoms with Gasteiger partial charge in [-0.05, 0) is 31.5 Å². The van der Waals surface area contributed by atoms with Crippen LogP contribution in [0.15, 0.2) is 60.7 Å². The summed E-state index contributed by atoms with van der Waals surface area (Å²) in [5.41, 5.74) is 3.51. The van der Waals surface area contributed by atoms with Crippen LogP contribution in [0.2, 0.25) is 0 Å². The highest BCUT2D eigenvalue weighted by molar-refractivity contribution is 5.93. The lowest BCUT2D eigenvalue weighted by Crippen LogP contribution is -2.31. The third kappa shape index (κ3) is 4.28. The molecule has 0 saturated heterocycles. The number of aromatic nitrogens is 2. The van der Waals surface area contributed by atoms with Crippen LogP contribution in [-0.4, -0.2) is 40.2 Å². The summed E-state index contributed by atoms with van der Waals surface area (Å²) in [5, 5.41) is 4.44. The van der Waals surface area contributed by atoms with Crippen LogP contribution in [0.5, 0.6) is 0 Å². The number of hydrogen-bond donors (Lipinski definition) is 0. The number of carbonyl (C=O) groups is 2. The summed E-state index contributed by atoms with van der Waals surface area (Å²) in [6.07, 6.45) is 0. The van der Waals surface area contributed by atoms with E-state index >= 15 is 0 Å². The molecule has 3 aromatic rings. The maximum Gasteiger partial charge on any atom is 0.342 e. The highest BCUT2D eigenvalue weighted by atomic mass is 16.5. The molecule has 3 rings (SSSR count). The standard InChI is InChI=1S/C22H23N3O3/c1-16-21(17(2)25(23-16)19-12-8-5-9-13-19)22(27)28-15-20(26)24(3)14-18-10-6-4-7-11-18/h4-13H,14-15H2,1-3H3. The predicted octanol–water partition coefficient (Wildman–Crippen LogP) is 3.30. The van der Waals surface area contributed by atoms with Crippen molar-refractivity contribution in [1.82, 2.24) is 14.7 Å². The summed E-state index contributed by atoms with van der Waals surface area (Å²) in [4.78, 5) is 26.4. The second-order valence-electron chi connectivity index (χ2n) is 6.60. The monoisotopic (exact) mass is 377 g/mol. The number of likely N-dealkylation sites (N-methyl/N-ethyl adjacent to an activating group) is 1. The van der Waals surface area contributed by atoms with Gasteiger partial charge in [0.2, 0.25) is 0 Å². The van der Waals surface area contributed by atoms with Crippen LogP contribution in [-0.2, 0) is 16.1 Å². The summed E-state index contributed by atoms with van der Waals surface area (Å²) in [6.45, 7) is 3.72. The van der Waals surface area contributed by atoms with Crippen LogP contribution < -0.4 is 0 Å². The first kappa shape index (κ1) is 19.4. The minimum Gasteiger partial charge on any atom is -0.452 e. The average molecular weight is 377 g/mol. The van der Waals surface area contributed by atoms with E-state index in [-0.39, 0.29) is 12.5 Å². The summed E-state index contributed by atoms with van der Waals surface area (Å²) in [6, 6.07) is 19.2. The highest BCUT2D eigenvalue weighted by Crippen LogP contribution is 2.18. The molecule has 0 N–H and O–H groups in total. The van der Waals surface area contributed by atoms with Crippen molar-refractivity contribution >= 4 is 11.9 Å². The smallest absolute Gasteiger partial charge is 0.342 e. The van der Waals surface area contributed by atoms with Crippen molar-refractivity contribution in [2.24, 2.45) is 0 Å². The molecule has 1 aromatic heterocycles. The fourth-order valence-electron chi connectivity index (χ4n) is 3.01. The SMILES string of the molecule is Cc1nn(-c2ccccc2)c(C)c1C(=O)OCC(=O)N(C)Cc1ccccc1. The van der Waals surface area contributed by atoms with Crippen molar-refractivity contribution < 1.29 is 14.3 Å². The molecule has 2 aromatic carbocycles. The molecule has 0 atom stereocenters. The van der Waals surface area contributed by atoms with E-state index in [9.17, 15) is 9.59 Å². The molecule has 0 radical (unpaired) electrons. The minimum atomic E-state index is -0.543. The number of hydrogen-bond acceptors (Lipinski definition) is 4. The van der Waals surface area contributed by atoms with Crippen molar-refractivity contribution in [3.63, 3.8) is 0 Å². The van der Waals surface area contributed by atoms with Gasteiger partial charge in [-0.2, -0.15) is 5.10 Å². The van der Waals surface area contributed by atoms with E-state index in [0.717, 1.165) is 11.3 Å². The van der Waals surface area contributed by atoms with Gasteiger partial charge in [0.05, 0.1) is 17.1 Å². The molecule has 6 nitrogen and oxygen atoms in total. The molecule has 0 spiro atoms. The Kier molecular flexibility index (Phi) is 5.89. The molecule has 0 fully saturated rings. The normalized spacial score (nSPS) is 10.5. The molecule has 1 amide bonds. The third-order valence-corrected chi connectivity index (χ3v) is 4.51. The number of ether oxygens (including phenoxy) is 1. The van der Waals surface area contributed by atoms with Gasteiger partial charge in [0, 0.05) is 13.6 Å². The molecule has 6 heteroatoms. The van der Waals surface area contributed by atoms with E-state index in [4.69, 9.17) is 4.74 Å². The zero-order valence-electron chi connectivity index (χ0n) is 16.3. The lowest BCUT2D eigenvalue weighted by atomic mass is 10.2. The maximum absolute atomic E-state index is 12.6. The van der Waals surface area contributed by atoms with Crippen molar-refractivity contribution in [1.29, 1.82) is 0 Å². The number of esters is 1. The number of amides is 1. The third-order valence-electron chi connectivity index (χ3n) is 4.51. The summed E-state index contributed by atoms with van der Waals surface area (Å²) >= 11 is 0. The van der Waals surface area contributed by atoms with Gasteiger partial charge in [0.15, 0.2) is 6.61 Å². The first-order valence-corrected chi connectivity index (χ1v) is 9.04. The molecule has 1 heterocycles. The number of rotatable bonds is 6. The lowest BCUT2D eigenvalue weighted by Gasteiger charge is -2.17. The Morgan fingerprint density at radius 2 is 1.61 bits per heavy atom. The second-order valence-corrected chi connectivity index (χ2v) is 6.60. The van der Waals surface area contributed by atoms with Crippen LogP contribution in [0.1, 0.15) is 27.3 Å². The Labute approximate surface area is 164 Å². The largest absolute Gasteiger partial charge is 0.452 e. The Balaban J connectivity index is 1.65. The molecule has 144 valence electrons. The summed E-state index contributed by atoms with van der Waals surface area (Å²) < 4.78 is 6.98. The molecule has 28 heavy (non-hydrogen) atoms. The van der Waals surface area contributed by atoms with Gasteiger partial charge in [-0.15, -0.1) is 0 Å². The van der Waals surface area contributed by atoms with Crippen molar-refractivity contribution in [2.75, 3.05) is 13.7 Å². The fourth-order valence-corrected chi connectivity index (χ4v) is 3.01. The van der Waals surface area contributed by atoms with E-state index < -0.39 is 5.97 Å². The quantitative estimate of drug-likeness (QED) is 0.618. The molecule has 0 unspecified atom stereocenters. The van der Waals surface area contributed by atoms with Gasteiger partial charge in [-0.25, -0.2) is 9.48 Å². The lowest BCUT2D eigenvalue weighted by molar-refractivity contribution is -0.133. The summed E-state index contributed by atoms with van der Waals surface area (Å²) in [7, 11) is 1.69.